The van der Waals surface area contributed by atoms with Gasteiger partial charge in [-0.05, 0) is 43.5 Å². The molecule has 1 aromatic rings. The topological polar surface area (TPSA) is 62.1 Å². The van der Waals surface area contributed by atoms with E-state index in [0.29, 0.717) is 0 Å². The van der Waals surface area contributed by atoms with Gasteiger partial charge in [0.15, 0.2) is 0 Å². The van der Waals surface area contributed by atoms with E-state index in [9.17, 15) is 4.79 Å². The van der Waals surface area contributed by atoms with Crippen molar-refractivity contribution in [3.63, 3.8) is 0 Å². The van der Waals surface area contributed by atoms with Crippen molar-refractivity contribution in [1.82, 2.24) is 0 Å². The number of cyclic esters (lactones) is 1. The standard InChI is InChI=1S/C16H18N2O2/c1-4-5-11(8-9-17)12-6-7-14-13(10-12)16(2,3)20-15(19)18-14/h6-8,10H,4-5H2,1-3H3,(H,18,19). The number of nitrogens with one attached hydrogen (secondary N) is 1. The lowest BCUT2D eigenvalue weighted by atomic mass is 9.90. The third-order valence-corrected chi connectivity index (χ3v) is 3.38. The molecule has 2 rings (SSSR count). The van der Waals surface area contributed by atoms with Crippen molar-refractivity contribution in [1.29, 1.82) is 5.26 Å². The molecule has 0 atom stereocenters. The summed E-state index contributed by atoms with van der Waals surface area (Å²) in [4.78, 5) is 11.5. The van der Waals surface area contributed by atoms with Gasteiger partial charge >= 0.3 is 6.09 Å². The monoisotopic (exact) mass is 270 g/mol. The number of benzene rings is 1. The number of hydrogen-bond donors (Lipinski definition) is 1. The van der Waals surface area contributed by atoms with E-state index < -0.39 is 11.7 Å². The van der Waals surface area contributed by atoms with Crippen LogP contribution in [0.15, 0.2) is 24.3 Å². The Bertz CT molecular complexity index is 609. The van der Waals surface area contributed by atoms with Gasteiger partial charge in [-0.25, -0.2) is 4.79 Å². The van der Waals surface area contributed by atoms with E-state index in [0.717, 1.165) is 35.2 Å². The summed E-state index contributed by atoms with van der Waals surface area (Å²) in [5.74, 6) is 0. The Morgan fingerprint density at radius 2 is 2.25 bits per heavy atom. The number of ether oxygens (including phenoxy) is 1. The minimum Gasteiger partial charge on any atom is -0.438 e. The number of fused-ring (bicyclic) bond motifs is 1. The Kier molecular flexibility index (Phi) is 3.80. The van der Waals surface area contributed by atoms with Crippen molar-refractivity contribution in [3.05, 3.63) is 35.4 Å². The normalized spacial score (nSPS) is 16.7. The summed E-state index contributed by atoms with van der Waals surface area (Å²) >= 11 is 0. The van der Waals surface area contributed by atoms with Gasteiger partial charge in [0.25, 0.3) is 0 Å². The molecule has 4 heteroatoms. The molecule has 0 saturated carbocycles. The second-order valence-corrected chi connectivity index (χ2v) is 5.33. The number of rotatable bonds is 3. The second kappa shape index (κ2) is 5.38. The molecular formula is C16H18N2O2. The summed E-state index contributed by atoms with van der Waals surface area (Å²) in [5, 5.41) is 11.6. The van der Waals surface area contributed by atoms with Gasteiger partial charge in [-0.1, -0.05) is 19.4 Å². The quantitative estimate of drug-likeness (QED) is 0.837. The van der Waals surface area contributed by atoms with Crippen LogP contribution < -0.4 is 5.32 Å². The van der Waals surface area contributed by atoms with E-state index >= 15 is 0 Å². The zero-order chi connectivity index (χ0) is 14.8. The number of carbonyl (C=O) groups is 1. The molecule has 0 bridgehead atoms. The van der Waals surface area contributed by atoms with Crippen LogP contribution in [0.3, 0.4) is 0 Å². The summed E-state index contributed by atoms with van der Waals surface area (Å²) in [6, 6.07) is 7.89. The lowest BCUT2D eigenvalue weighted by Crippen LogP contribution is -2.34. The van der Waals surface area contributed by atoms with Gasteiger partial charge in [0, 0.05) is 11.6 Å². The second-order valence-electron chi connectivity index (χ2n) is 5.33. The van der Waals surface area contributed by atoms with E-state index in [2.05, 4.69) is 18.3 Å². The number of amides is 1. The first-order valence-corrected chi connectivity index (χ1v) is 6.71. The Morgan fingerprint density at radius 1 is 1.50 bits per heavy atom. The average molecular weight is 270 g/mol. The van der Waals surface area contributed by atoms with Crippen LogP contribution in [0, 0.1) is 11.3 Å². The van der Waals surface area contributed by atoms with Gasteiger partial charge in [0.2, 0.25) is 0 Å². The van der Waals surface area contributed by atoms with Crippen LogP contribution >= 0.6 is 0 Å². The smallest absolute Gasteiger partial charge is 0.412 e. The molecule has 1 amide bonds. The summed E-state index contributed by atoms with van der Waals surface area (Å²) in [6.45, 7) is 5.81. The van der Waals surface area contributed by atoms with E-state index in [4.69, 9.17) is 10.00 Å². The van der Waals surface area contributed by atoms with Crippen molar-refractivity contribution < 1.29 is 9.53 Å². The lowest BCUT2D eigenvalue weighted by molar-refractivity contribution is 0.0420. The van der Waals surface area contributed by atoms with E-state index in [1.165, 1.54) is 0 Å². The first kappa shape index (κ1) is 14.1. The van der Waals surface area contributed by atoms with Crippen molar-refractivity contribution >= 4 is 17.4 Å². The van der Waals surface area contributed by atoms with Crippen LogP contribution in [0.4, 0.5) is 10.5 Å². The molecule has 104 valence electrons. The number of allylic oxidation sites excluding steroid dienone is 2. The molecule has 20 heavy (non-hydrogen) atoms. The van der Waals surface area contributed by atoms with Crippen molar-refractivity contribution in [3.8, 4) is 6.07 Å². The minimum absolute atomic E-state index is 0.434. The largest absolute Gasteiger partial charge is 0.438 e. The predicted octanol–water partition coefficient (Wildman–Crippen LogP) is 4.19. The maximum atomic E-state index is 11.5. The highest BCUT2D eigenvalue weighted by Gasteiger charge is 2.33. The Labute approximate surface area is 119 Å². The average Bonchev–Trinajstić information content (AvgIpc) is 2.37. The summed E-state index contributed by atoms with van der Waals surface area (Å²) in [6.07, 6.45) is 2.97. The highest BCUT2D eigenvalue weighted by Crippen LogP contribution is 2.37. The van der Waals surface area contributed by atoms with E-state index in [-0.39, 0.29) is 0 Å². The molecule has 0 saturated heterocycles. The van der Waals surface area contributed by atoms with Crippen molar-refractivity contribution in [2.45, 2.75) is 39.2 Å². The molecule has 1 N–H and O–H groups in total. The van der Waals surface area contributed by atoms with Crippen LogP contribution in [-0.4, -0.2) is 6.09 Å². The predicted molar refractivity (Wildman–Crippen MR) is 78.1 cm³/mol. The van der Waals surface area contributed by atoms with E-state index in [1.807, 2.05) is 32.0 Å². The summed E-state index contributed by atoms with van der Waals surface area (Å²) < 4.78 is 5.32. The molecule has 0 aliphatic carbocycles. The fourth-order valence-electron chi connectivity index (χ4n) is 2.42. The number of anilines is 1. The fourth-order valence-corrected chi connectivity index (χ4v) is 2.42. The molecular weight excluding hydrogens is 252 g/mol. The maximum absolute atomic E-state index is 11.5. The number of hydrogen-bond acceptors (Lipinski definition) is 3. The summed E-state index contributed by atoms with van der Waals surface area (Å²) in [7, 11) is 0. The van der Waals surface area contributed by atoms with Crippen molar-refractivity contribution in [2.75, 3.05) is 5.32 Å². The van der Waals surface area contributed by atoms with Gasteiger partial charge in [0.1, 0.15) is 5.60 Å². The number of nitrogens with zero attached hydrogens (tertiary/aromatic N) is 1. The molecule has 0 fully saturated rings. The molecule has 0 aromatic heterocycles. The van der Waals surface area contributed by atoms with Crippen LogP contribution in [0.2, 0.25) is 0 Å². The molecule has 1 aliphatic heterocycles. The third kappa shape index (κ3) is 2.67. The fraction of sp³-hybridized carbons (Fsp3) is 0.375. The minimum atomic E-state index is -0.669. The van der Waals surface area contributed by atoms with Crippen LogP contribution in [0.25, 0.3) is 5.57 Å². The first-order chi connectivity index (χ1) is 9.47. The zero-order valence-electron chi connectivity index (χ0n) is 12.0. The van der Waals surface area contributed by atoms with Gasteiger partial charge in [-0.2, -0.15) is 5.26 Å². The van der Waals surface area contributed by atoms with Crippen LogP contribution in [0.5, 0.6) is 0 Å². The van der Waals surface area contributed by atoms with Crippen molar-refractivity contribution in [2.24, 2.45) is 0 Å². The Morgan fingerprint density at radius 3 is 2.90 bits per heavy atom. The maximum Gasteiger partial charge on any atom is 0.412 e. The molecule has 4 nitrogen and oxygen atoms in total. The van der Waals surface area contributed by atoms with E-state index in [1.54, 1.807) is 6.08 Å². The van der Waals surface area contributed by atoms with Crippen LogP contribution in [0.1, 0.15) is 44.7 Å². The summed E-state index contributed by atoms with van der Waals surface area (Å²) in [5.41, 5.74) is 3.03. The molecule has 0 spiro atoms. The van der Waals surface area contributed by atoms with Gasteiger partial charge in [-0.3, -0.25) is 5.32 Å². The highest BCUT2D eigenvalue weighted by molar-refractivity contribution is 5.89. The third-order valence-electron chi connectivity index (χ3n) is 3.38. The molecule has 0 radical (unpaired) electrons. The zero-order valence-corrected chi connectivity index (χ0v) is 12.0. The SMILES string of the molecule is CCCC(=CC#N)c1ccc2c(c1)C(C)(C)OC(=O)N2. The molecule has 0 unspecified atom stereocenters. The first-order valence-electron chi connectivity index (χ1n) is 6.71. The Balaban J connectivity index is 2.49. The molecule has 1 heterocycles. The van der Waals surface area contributed by atoms with Gasteiger partial charge in [-0.15, -0.1) is 0 Å². The highest BCUT2D eigenvalue weighted by atomic mass is 16.6. The van der Waals surface area contributed by atoms with Crippen LogP contribution in [-0.2, 0) is 10.3 Å². The number of nitriles is 1. The Hall–Kier alpha value is -2.28. The lowest BCUT2D eigenvalue weighted by Gasteiger charge is -2.33. The number of carbonyl (C=O) groups excluding carboxylic acids is 1. The van der Waals surface area contributed by atoms with Gasteiger partial charge in [0.05, 0.1) is 11.8 Å². The molecule has 1 aliphatic rings. The van der Waals surface area contributed by atoms with Gasteiger partial charge < -0.3 is 4.74 Å². The molecule has 1 aromatic carbocycles.